The van der Waals surface area contributed by atoms with Crippen molar-refractivity contribution in [3.05, 3.63) is 54.1 Å². The molecular formula is C19H24N4O2. The Hall–Kier alpha value is -2.73. The first-order valence-electron chi connectivity index (χ1n) is 8.37. The fraction of sp³-hybridized carbons (Fsp3) is 0.316. The van der Waals surface area contributed by atoms with Gasteiger partial charge in [0, 0.05) is 24.5 Å². The highest BCUT2D eigenvalue weighted by molar-refractivity contribution is 5.92. The van der Waals surface area contributed by atoms with Crippen molar-refractivity contribution < 1.29 is 9.47 Å². The monoisotopic (exact) mass is 340 g/mol. The number of aliphatic imine (C=N–C) groups is 1. The first-order chi connectivity index (χ1) is 12.2. The van der Waals surface area contributed by atoms with Crippen LogP contribution in [0.1, 0.15) is 5.56 Å². The summed E-state index contributed by atoms with van der Waals surface area (Å²) in [6, 6.07) is 16.0. The molecule has 132 valence electrons. The van der Waals surface area contributed by atoms with E-state index in [2.05, 4.69) is 39.5 Å². The molecule has 3 rings (SSSR count). The quantitative estimate of drug-likeness (QED) is 0.646. The number of rotatable bonds is 5. The van der Waals surface area contributed by atoms with Gasteiger partial charge in [-0.05, 0) is 42.0 Å². The zero-order valence-corrected chi connectivity index (χ0v) is 14.4. The topological polar surface area (TPSA) is 72.1 Å². The smallest absolute Gasteiger partial charge is 0.193 e. The summed E-state index contributed by atoms with van der Waals surface area (Å²) in [7, 11) is 1.64. The molecule has 0 spiro atoms. The van der Waals surface area contributed by atoms with Crippen molar-refractivity contribution in [3.63, 3.8) is 0 Å². The minimum atomic E-state index is 0.391. The Morgan fingerprint density at radius 2 is 1.80 bits per heavy atom. The summed E-state index contributed by atoms with van der Waals surface area (Å²) in [5.41, 5.74) is 9.18. The van der Waals surface area contributed by atoms with Gasteiger partial charge in [-0.25, -0.2) is 4.99 Å². The fourth-order valence-electron chi connectivity index (χ4n) is 2.67. The standard InChI is InChI=1S/C19H24N4O2/c1-24-18-8-4-16(5-9-18)22-19(20)21-14-15-2-6-17(7-3-15)23-10-12-25-13-11-23/h2-9H,10-14H2,1H3,(H3,20,21,22). The van der Waals surface area contributed by atoms with Crippen LogP contribution in [-0.2, 0) is 11.3 Å². The second-order valence-electron chi connectivity index (χ2n) is 5.82. The summed E-state index contributed by atoms with van der Waals surface area (Å²) < 4.78 is 10.5. The van der Waals surface area contributed by atoms with Gasteiger partial charge in [0.1, 0.15) is 5.75 Å². The van der Waals surface area contributed by atoms with Crippen molar-refractivity contribution in [3.8, 4) is 5.75 Å². The van der Waals surface area contributed by atoms with Gasteiger partial charge in [0.15, 0.2) is 5.96 Å². The Bertz CT molecular complexity index is 692. The van der Waals surface area contributed by atoms with Gasteiger partial charge in [0.05, 0.1) is 26.9 Å². The molecule has 3 N–H and O–H groups in total. The summed E-state index contributed by atoms with van der Waals surface area (Å²) in [5, 5.41) is 3.08. The van der Waals surface area contributed by atoms with Crippen molar-refractivity contribution in [2.45, 2.75) is 6.54 Å². The Labute approximate surface area is 148 Å². The van der Waals surface area contributed by atoms with Crippen LogP contribution in [0.15, 0.2) is 53.5 Å². The second kappa shape index (κ2) is 8.39. The van der Waals surface area contributed by atoms with E-state index in [1.807, 2.05) is 24.3 Å². The van der Waals surface area contributed by atoms with Gasteiger partial charge in [0.2, 0.25) is 0 Å². The number of nitrogens with two attached hydrogens (primary N) is 1. The van der Waals surface area contributed by atoms with Crippen LogP contribution >= 0.6 is 0 Å². The van der Waals surface area contributed by atoms with Crippen LogP contribution in [0.2, 0.25) is 0 Å². The highest BCUT2D eigenvalue weighted by atomic mass is 16.5. The van der Waals surface area contributed by atoms with E-state index in [0.29, 0.717) is 12.5 Å². The largest absolute Gasteiger partial charge is 0.497 e. The van der Waals surface area contributed by atoms with Gasteiger partial charge in [-0.3, -0.25) is 0 Å². The Morgan fingerprint density at radius 1 is 1.12 bits per heavy atom. The molecule has 0 bridgehead atoms. The lowest BCUT2D eigenvalue weighted by molar-refractivity contribution is 0.122. The molecule has 0 amide bonds. The summed E-state index contributed by atoms with van der Waals surface area (Å²) >= 11 is 0. The van der Waals surface area contributed by atoms with E-state index < -0.39 is 0 Å². The predicted octanol–water partition coefficient (Wildman–Crippen LogP) is 2.46. The molecule has 2 aromatic rings. The number of guanidine groups is 1. The maximum absolute atomic E-state index is 5.96. The van der Waals surface area contributed by atoms with Crippen LogP contribution in [0.25, 0.3) is 0 Å². The van der Waals surface area contributed by atoms with E-state index in [1.54, 1.807) is 7.11 Å². The lowest BCUT2D eigenvalue weighted by Crippen LogP contribution is -2.36. The summed E-state index contributed by atoms with van der Waals surface area (Å²) in [6.07, 6.45) is 0. The Morgan fingerprint density at radius 3 is 2.44 bits per heavy atom. The van der Waals surface area contributed by atoms with E-state index in [9.17, 15) is 0 Å². The van der Waals surface area contributed by atoms with Gasteiger partial charge in [-0.2, -0.15) is 0 Å². The minimum absolute atomic E-state index is 0.391. The normalized spacial score (nSPS) is 15.1. The van der Waals surface area contributed by atoms with Crippen LogP contribution in [0.4, 0.5) is 11.4 Å². The Balaban J connectivity index is 1.54. The SMILES string of the molecule is COc1ccc(NC(N)=NCc2ccc(N3CCOCC3)cc2)cc1. The zero-order chi connectivity index (χ0) is 17.5. The molecule has 1 heterocycles. The van der Waals surface area contributed by atoms with E-state index in [1.165, 1.54) is 5.69 Å². The molecule has 0 aliphatic carbocycles. The maximum atomic E-state index is 5.96. The molecule has 0 atom stereocenters. The third-order valence-corrected chi connectivity index (χ3v) is 4.11. The number of ether oxygens (including phenoxy) is 2. The molecule has 1 aliphatic rings. The summed E-state index contributed by atoms with van der Waals surface area (Å²) in [5.74, 6) is 1.20. The van der Waals surface area contributed by atoms with Crippen LogP contribution in [0.3, 0.4) is 0 Å². The molecule has 0 unspecified atom stereocenters. The van der Waals surface area contributed by atoms with Crippen LogP contribution < -0.4 is 20.7 Å². The number of hydrogen-bond donors (Lipinski definition) is 2. The molecule has 0 aromatic heterocycles. The van der Waals surface area contributed by atoms with Gasteiger partial charge in [0.25, 0.3) is 0 Å². The third-order valence-electron chi connectivity index (χ3n) is 4.11. The van der Waals surface area contributed by atoms with Crippen molar-refractivity contribution in [2.75, 3.05) is 43.6 Å². The van der Waals surface area contributed by atoms with E-state index >= 15 is 0 Å². The first-order valence-corrected chi connectivity index (χ1v) is 8.37. The summed E-state index contributed by atoms with van der Waals surface area (Å²) in [4.78, 5) is 6.72. The average Bonchev–Trinajstić information content (AvgIpc) is 2.68. The third kappa shape index (κ3) is 4.87. The fourth-order valence-corrected chi connectivity index (χ4v) is 2.67. The molecule has 1 fully saturated rings. The second-order valence-corrected chi connectivity index (χ2v) is 5.82. The highest BCUT2D eigenvalue weighted by Gasteiger charge is 2.10. The van der Waals surface area contributed by atoms with Gasteiger partial charge < -0.3 is 25.4 Å². The van der Waals surface area contributed by atoms with Gasteiger partial charge in [-0.15, -0.1) is 0 Å². The lowest BCUT2D eigenvalue weighted by Gasteiger charge is -2.28. The number of anilines is 2. The number of benzene rings is 2. The van der Waals surface area contributed by atoms with Crippen molar-refractivity contribution in [2.24, 2.45) is 10.7 Å². The van der Waals surface area contributed by atoms with Crippen molar-refractivity contribution in [1.82, 2.24) is 0 Å². The molecule has 2 aromatic carbocycles. The number of methoxy groups -OCH3 is 1. The summed E-state index contributed by atoms with van der Waals surface area (Å²) in [6.45, 7) is 4.00. The molecular weight excluding hydrogens is 316 g/mol. The van der Waals surface area contributed by atoms with Crippen molar-refractivity contribution >= 4 is 17.3 Å². The van der Waals surface area contributed by atoms with E-state index in [-0.39, 0.29) is 0 Å². The molecule has 1 aliphatic heterocycles. The van der Waals surface area contributed by atoms with E-state index in [0.717, 1.165) is 43.3 Å². The van der Waals surface area contributed by atoms with Crippen molar-refractivity contribution in [1.29, 1.82) is 0 Å². The van der Waals surface area contributed by atoms with E-state index in [4.69, 9.17) is 15.2 Å². The Kier molecular flexibility index (Phi) is 5.74. The zero-order valence-electron chi connectivity index (χ0n) is 14.4. The molecule has 6 heteroatoms. The highest BCUT2D eigenvalue weighted by Crippen LogP contribution is 2.17. The maximum Gasteiger partial charge on any atom is 0.193 e. The molecule has 0 saturated carbocycles. The molecule has 0 radical (unpaired) electrons. The minimum Gasteiger partial charge on any atom is -0.497 e. The van der Waals surface area contributed by atoms with Crippen LogP contribution in [0.5, 0.6) is 5.75 Å². The van der Waals surface area contributed by atoms with Gasteiger partial charge >= 0.3 is 0 Å². The molecule has 25 heavy (non-hydrogen) atoms. The number of nitrogens with one attached hydrogen (secondary N) is 1. The first kappa shape index (κ1) is 17.1. The average molecular weight is 340 g/mol. The molecule has 1 saturated heterocycles. The lowest BCUT2D eigenvalue weighted by atomic mass is 10.2. The van der Waals surface area contributed by atoms with Gasteiger partial charge in [-0.1, -0.05) is 12.1 Å². The number of hydrogen-bond acceptors (Lipinski definition) is 4. The number of nitrogens with zero attached hydrogens (tertiary/aromatic N) is 2. The number of morpholine rings is 1. The molecule has 6 nitrogen and oxygen atoms in total. The predicted molar refractivity (Wildman–Crippen MR) is 101 cm³/mol. The van der Waals surface area contributed by atoms with Crippen LogP contribution in [-0.4, -0.2) is 39.4 Å². The van der Waals surface area contributed by atoms with Crippen LogP contribution in [0, 0.1) is 0 Å².